The van der Waals surface area contributed by atoms with Crippen LogP contribution in [0.25, 0.3) is 0 Å². The van der Waals surface area contributed by atoms with Crippen molar-refractivity contribution >= 4 is 11.4 Å². The Hall–Kier alpha value is -3.27. The summed E-state index contributed by atoms with van der Waals surface area (Å²) in [7, 11) is 0. The molecule has 0 unspecified atom stereocenters. The molecule has 1 aliphatic rings. The van der Waals surface area contributed by atoms with Gasteiger partial charge >= 0.3 is 0 Å². The van der Waals surface area contributed by atoms with Gasteiger partial charge in [-0.25, -0.2) is 0 Å². The lowest BCUT2D eigenvalue weighted by Crippen LogP contribution is -2.19. The van der Waals surface area contributed by atoms with E-state index in [4.69, 9.17) is 9.47 Å². The predicted molar refractivity (Wildman–Crippen MR) is 96.4 cm³/mol. The molecule has 7 nitrogen and oxygen atoms in total. The Morgan fingerprint density at radius 2 is 1.88 bits per heavy atom. The highest BCUT2D eigenvalue weighted by Crippen LogP contribution is 2.36. The number of nitrogens with zero attached hydrogens (tertiary/aromatic N) is 2. The van der Waals surface area contributed by atoms with Gasteiger partial charge in [0.2, 0.25) is 0 Å². The third-order valence-electron chi connectivity index (χ3n) is 4.24. The summed E-state index contributed by atoms with van der Waals surface area (Å²) in [5.41, 5.74) is 1.69. The fraction of sp³-hybridized carbons (Fsp3) is 0.316. The normalized spacial score (nSPS) is 13.8. The van der Waals surface area contributed by atoms with Crippen LogP contribution in [0.4, 0.5) is 11.4 Å². The van der Waals surface area contributed by atoms with Crippen LogP contribution in [-0.4, -0.2) is 18.1 Å². The number of anilines is 1. The second-order valence-corrected chi connectivity index (χ2v) is 6.37. The number of non-ortho nitro benzene ring substituents is 1. The van der Waals surface area contributed by atoms with Crippen LogP contribution in [-0.2, 0) is 0 Å². The molecule has 2 aromatic carbocycles. The van der Waals surface area contributed by atoms with Crippen LogP contribution in [0.15, 0.2) is 36.4 Å². The van der Waals surface area contributed by atoms with E-state index in [2.05, 4.69) is 19.2 Å². The maximum Gasteiger partial charge on any atom is 0.270 e. The van der Waals surface area contributed by atoms with Crippen molar-refractivity contribution in [3.05, 3.63) is 57.6 Å². The molecule has 0 saturated carbocycles. The van der Waals surface area contributed by atoms with Crippen LogP contribution in [0, 0.1) is 27.4 Å². The van der Waals surface area contributed by atoms with Gasteiger partial charge in [0.25, 0.3) is 5.69 Å². The lowest BCUT2D eigenvalue weighted by atomic mass is 9.94. The molecule has 1 N–H and O–H groups in total. The quantitative estimate of drug-likeness (QED) is 0.643. The first-order valence-electron chi connectivity index (χ1n) is 8.34. The molecular weight excluding hydrogens is 334 g/mol. The average molecular weight is 353 g/mol. The van der Waals surface area contributed by atoms with Gasteiger partial charge in [0, 0.05) is 12.1 Å². The summed E-state index contributed by atoms with van der Waals surface area (Å²) in [5.74, 6) is 1.63. The summed E-state index contributed by atoms with van der Waals surface area (Å²) < 4.78 is 11.2. The summed E-state index contributed by atoms with van der Waals surface area (Å²) in [6.07, 6.45) is 0. The molecule has 134 valence electrons. The van der Waals surface area contributed by atoms with Crippen LogP contribution in [0.1, 0.15) is 31.0 Å². The molecule has 0 aliphatic carbocycles. The highest BCUT2D eigenvalue weighted by atomic mass is 16.6. The molecule has 2 aromatic rings. The van der Waals surface area contributed by atoms with Crippen molar-refractivity contribution in [2.24, 2.45) is 5.92 Å². The first kappa shape index (κ1) is 17.5. The van der Waals surface area contributed by atoms with Crippen LogP contribution in [0.5, 0.6) is 11.5 Å². The van der Waals surface area contributed by atoms with Crippen molar-refractivity contribution in [2.75, 3.05) is 18.5 Å². The number of nitro benzene ring substituents is 1. The van der Waals surface area contributed by atoms with Crippen LogP contribution >= 0.6 is 0 Å². The van der Waals surface area contributed by atoms with Gasteiger partial charge in [-0.05, 0) is 29.7 Å². The van der Waals surface area contributed by atoms with Crippen molar-refractivity contribution in [3.63, 3.8) is 0 Å². The van der Waals surface area contributed by atoms with Gasteiger partial charge in [0.05, 0.1) is 22.2 Å². The van der Waals surface area contributed by atoms with Gasteiger partial charge in [-0.2, -0.15) is 5.26 Å². The van der Waals surface area contributed by atoms with E-state index in [0.29, 0.717) is 24.7 Å². The van der Waals surface area contributed by atoms with Gasteiger partial charge in [0.15, 0.2) is 11.5 Å². The fourth-order valence-corrected chi connectivity index (χ4v) is 2.92. The summed E-state index contributed by atoms with van der Waals surface area (Å²) in [4.78, 5) is 10.4. The summed E-state index contributed by atoms with van der Waals surface area (Å²) in [5, 5.41) is 23.6. The second kappa shape index (κ2) is 7.31. The molecule has 0 spiro atoms. The minimum atomic E-state index is -0.509. The van der Waals surface area contributed by atoms with Gasteiger partial charge in [-0.15, -0.1) is 0 Å². The van der Waals surface area contributed by atoms with E-state index in [0.717, 1.165) is 11.3 Å². The first-order chi connectivity index (χ1) is 12.5. The number of nitriles is 1. The summed E-state index contributed by atoms with van der Waals surface area (Å²) in [6, 6.07) is 11.9. The monoisotopic (exact) mass is 353 g/mol. The topological polar surface area (TPSA) is 97.4 Å². The molecule has 0 bridgehead atoms. The molecule has 0 radical (unpaired) electrons. The Labute approximate surface area is 151 Å². The molecule has 26 heavy (non-hydrogen) atoms. The maximum atomic E-state index is 10.9. The Balaban J connectivity index is 1.93. The zero-order valence-electron chi connectivity index (χ0n) is 14.6. The molecule has 0 fully saturated rings. The minimum absolute atomic E-state index is 0.0978. The average Bonchev–Trinajstić information content (AvgIpc) is 2.65. The molecule has 3 rings (SSSR count). The third-order valence-corrected chi connectivity index (χ3v) is 4.24. The van der Waals surface area contributed by atoms with Crippen molar-refractivity contribution < 1.29 is 14.4 Å². The van der Waals surface area contributed by atoms with E-state index in [1.807, 2.05) is 24.3 Å². The zero-order chi connectivity index (χ0) is 18.7. The number of nitrogens with one attached hydrogen (secondary N) is 1. The fourth-order valence-electron chi connectivity index (χ4n) is 2.92. The van der Waals surface area contributed by atoms with Gasteiger partial charge in [-0.1, -0.05) is 19.9 Å². The van der Waals surface area contributed by atoms with Crippen molar-refractivity contribution in [2.45, 2.75) is 19.9 Å². The molecular formula is C19H19N3O4. The van der Waals surface area contributed by atoms with E-state index in [9.17, 15) is 15.4 Å². The first-order valence-corrected chi connectivity index (χ1v) is 8.34. The van der Waals surface area contributed by atoms with Crippen LogP contribution in [0.2, 0.25) is 0 Å². The number of rotatable bonds is 5. The van der Waals surface area contributed by atoms with Crippen molar-refractivity contribution in [1.29, 1.82) is 5.26 Å². The molecule has 1 aliphatic heterocycles. The number of hydrogen-bond acceptors (Lipinski definition) is 6. The van der Waals surface area contributed by atoms with E-state index >= 15 is 0 Å². The van der Waals surface area contributed by atoms with Crippen molar-refractivity contribution in [3.8, 4) is 17.6 Å². The summed E-state index contributed by atoms with van der Waals surface area (Å²) in [6.45, 7) is 5.17. The minimum Gasteiger partial charge on any atom is -0.486 e. The van der Waals surface area contributed by atoms with E-state index in [1.165, 1.54) is 12.1 Å². The van der Waals surface area contributed by atoms with Crippen LogP contribution in [0.3, 0.4) is 0 Å². The second-order valence-electron chi connectivity index (χ2n) is 6.37. The molecule has 0 saturated heterocycles. The van der Waals surface area contributed by atoms with Gasteiger partial charge in [-0.3, -0.25) is 10.1 Å². The number of fused-ring (bicyclic) bond motifs is 1. The number of hydrogen-bond donors (Lipinski definition) is 1. The smallest absolute Gasteiger partial charge is 0.270 e. The zero-order valence-corrected chi connectivity index (χ0v) is 14.6. The largest absolute Gasteiger partial charge is 0.486 e. The third kappa shape index (κ3) is 3.54. The Kier molecular flexibility index (Phi) is 4.94. The lowest BCUT2D eigenvalue weighted by Gasteiger charge is -2.26. The summed E-state index contributed by atoms with van der Waals surface area (Å²) >= 11 is 0. The SMILES string of the molecule is CC(C)[C@H](Nc1ccc([N+](=O)[O-])cc1C#N)c1ccc2c(c1)OCCO2. The number of benzene rings is 2. The standard InChI is InChI=1S/C19H19N3O4/c1-12(2)19(13-3-6-17-18(10-13)26-8-7-25-17)21-16-5-4-15(22(23)24)9-14(16)11-20/h3-6,9-10,12,19,21H,7-8H2,1-2H3/t19-/m0/s1. The van der Waals surface area contributed by atoms with Crippen LogP contribution < -0.4 is 14.8 Å². The number of ether oxygens (including phenoxy) is 2. The maximum absolute atomic E-state index is 10.9. The van der Waals surface area contributed by atoms with Gasteiger partial charge < -0.3 is 14.8 Å². The molecule has 1 atom stereocenters. The van der Waals surface area contributed by atoms with Crippen molar-refractivity contribution in [1.82, 2.24) is 0 Å². The molecule has 0 aromatic heterocycles. The lowest BCUT2D eigenvalue weighted by molar-refractivity contribution is -0.384. The van der Waals surface area contributed by atoms with Gasteiger partial charge in [0.1, 0.15) is 19.3 Å². The van der Waals surface area contributed by atoms with E-state index < -0.39 is 4.92 Å². The highest BCUT2D eigenvalue weighted by molar-refractivity contribution is 5.62. The Morgan fingerprint density at radius 1 is 1.15 bits per heavy atom. The Morgan fingerprint density at radius 3 is 2.54 bits per heavy atom. The highest BCUT2D eigenvalue weighted by Gasteiger charge is 2.21. The number of nitro groups is 1. The molecule has 0 amide bonds. The van der Waals surface area contributed by atoms with E-state index in [-0.39, 0.29) is 23.2 Å². The predicted octanol–water partition coefficient (Wildman–Crippen LogP) is 4.05. The Bertz CT molecular complexity index is 874. The van der Waals surface area contributed by atoms with E-state index in [1.54, 1.807) is 6.07 Å². The molecule has 1 heterocycles. The molecule has 7 heteroatoms.